The molecule has 88 valence electrons. The van der Waals surface area contributed by atoms with Crippen LogP contribution in [0, 0.1) is 3.57 Å². The van der Waals surface area contributed by atoms with Gasteiger partial charge >= 0.3 is 6.01 Å². The van der Waals surface area contributed by atoms with Crippen LogP contribution in [-0.2, 0) is 0 Å². The van der Waals surface area contributed by atoms with E-state index < -0.39 is 0 Å². The predicted octanol–water partition coefficient (Wildman–Crippen LogP) is 2.96. The van der Waals surface area contributed by atoms with Gasteiger partial charge in [0.15, 0.2) is 0 Å². The van der Waals surface area contributed by atoms with Crippen molar-refractivity contribution in [2.75, 3.05) is 12.4 Å². The Morgan fingerprint density at radius 2 is 2.00 bits per heavy atom. The molecule has 0 radical (unpaired) electrons. The van der Waals surface area contributed by atoms with Gasteiger partial charge < -0.3 is 10.1 Å². The Labute approximate surface area is 117 Å². The minimum Gasteiger partial charge on any atom is -0.423 e. The average Bonchev–Trinajstić information content (AvgIpc) is 2.31. The highest BCUT2D eigenvalue weighted by Gasteiger charge is 2.07. The lowest BCUT2D eigenvalue weighted by molar-refractivity contribution is 0.437. The summed E-state index contributed by atoms with van der Waals surface area (Å²) < 4.78 is 6.50. The summed E-state index contributed by atoms with van der Waals surface area (Å²) in [5.74, 6) is 1.04. The van der Waals surface area contributed by atoms with Gasteiger partial charge in [-0.1, -0.05) is 12.1 Å². The van der Waals surface area contributed by atoms with Gasteiger partial charge in [-0.3, -0.25) is 0 Å². The summed E-state index contributed by atoms with van der Waals surface area (Å²) in [5.41, 5.74) is 0. The summed E-state index contributed by atoms with van der Waals surface area (Å²) in [7, 11) is 1.70. The Morgan fingerprint density at radius 1 is 1.24 bits per heavy atom. The van der Waals surface area contributed by atoms with Crippen LogP contribution in [0.15, 0.2) is 24.3 Å². The van der Waals surface area contributed by atoms with Crippen molar-refractivity contribution in [3.05, 3.63) is 33.1 Å². The molecule has 0 bridgehead atoms. The summed E-state index contributed by atoms with van der Waals surface area (Å²) >= 11 is 7.92. The first-order chi connectivity index (χ1) is 8.19. The van der Waals surface area contributed by atoms with Crippen LogP contribution in [0.2, 0.25) is 5.28 Å². The first-order valence-corrected chi connectivity index (χ1v) is 6.16. The number of ether oxygens (including phenoxy) is 1. The van der Waals surface area contributed by atoms with Crippen molar-refractivity contribution in [1.29, 1.82) is 0 Å². The van der Waals surface area contributed by atoms with Crippen LogP contribution < -0.4 is 10.1 Å². The van der Waals surface area contributed by atoms with E-state index in [1.165, 1.54) is 0 Å². The van der Waals surface area contributed by atoms with E-state index in [-0.39, 0.29) is 11.3 Å². The molecule has 0 aliphatic rings. The lowest BCUT2D eigenvalue weighted by Crippen LogP contribution is -2.01. The Morgan fingerprint density at radius 3 is 2.71 bits per heavy atom. The first-order valence-electron chi connectivity index (χ1n) is 4.71. The Kier molecular flexibility index (Phi) is 3.95. The second-order valence-electron chi connectivity index (χ2n) is 2.99. The molecular weight excluding hydrogens is 354 g/mol. The summed E-state index contributed by atoms with van der Waals surface area (Å²) in [6.45, 7) is 0. The molecule has 0 atom stereocenters. The molecule has 1 aromatic carbocycles. The average molecular weight is 363 g/mol. The van der Waals surface area contributed by atoms with E-state index in [0.29, 0.717) is 11.7 Å². The Balaban J connectivity index is 2.30. The molecule has 2 rings (SSSR count). The van der Waals surface area contributed by atoms with Crippen molar-refractivity contribution < 1.29 is 4.74 Å². The summed E-state index contributed by atoms with van der Waals surface area (Å²) in [4.78, 5) is 11.8. The molecule has 0 spiro atoms. The maximum Gasteiger partial charge on any atom is 0.328 e. The number of nitrogens with one attached hydrogen (secondary N) is 1. The molecule has 0 saturated carbocycles. The van der Waals surface area contributed by atoms with Gasteiger partial charge in [0.25, 0.3) is 0 Å². The second-order valence-corrected chi connectivity index (χ2v) is 4.49. The molecule has 0 unspecified atom stereocenters. The van der Waals surface area contributed by atoms with Crippen LogP contribution in [0.3, 0.4) is 0 Å². The van der Waals surface area contributed by atoms with Gasteiger partial charge in [0.2, 0.25) is 11.2 Å². The maximum absolute atomic E-state index is 5.75. The topological polar surface area (TPSA) is 59.9 Å². The fourth-order valence-corrected chi connectivity index (χ4v) is 1.77. The van der Waals surface area contributed by atoms with Crippen molar-refractivity contribution >= 4 is 40.1 Å². The summed E-state index contributed by atoms with van der Waals surface area (Å²) in [6, 6.07) is 7.72. The van der Waals surface area contributed by atoms with E-state index >= 15 is 0 Å². The molecule has 0 amide bonds. The number of halogens is 2. The van der Waals surface area contributed by atoms with Gasteiger partial charge in [0.05, 0.1) is 3.57 Å². The molecule has 2 aromatic rings. The summed E-state index contributed by atoms with van der Waals surface area (Å²) in [5, 5.41) is 2.87. The van der Waals surface area contributed by atoms with Gasteiger partial charge in [-0.25, -0.2) is 0 Å². The van der Waals surface area contributed by atoms with E-state index in [4.69, 9.17) is 16.3 Å². The molecule has 1 heterocycles. The number of hydrogen-bond donors (Lipinski definition) is 1. The minimum atomic E-state index is 0.0882. The molecule has 0 saturated heterocycles. The van der Waals surface area contributed by atoms with Crippen LogP contribution in [0.4, 0.5) is 5.95 Å². The number of aromatic nitrogens is 3. The van der Waals surface area contributed by atoms with Gasteiger partial charge in [-0.2, -0.15) is 15.0 Å². The van der Waals surface area contributed by atoms with Crippen molar-refractivity contribution in [3.8, 4) is 11.8 Å². The number of para-hydroxylation sites is 1. The van der Waals surface area contributed by atoms with E-state index in [2.05, 4.69) is 42.9 Å². The number of rotatable bonds is 3. The Bertz CT molecular complexity index is 537. The third-order valence-electron chi connectivity index (χ3n) is 1.85. The van der Waals surface area contributed by atoms with Gasteiger partial charge in [0.1, 0.15) is 5.75 Å². The number of benzene rings is 1. The smallest absolute Gasteiger partial charge is 0.328 e. The van der Waals surface area contributed by atoms with Crippen molar-refractivity contribution in [2.45, 2.75) is 0 Å². The number of nitrogens with zero attached hydrogens (tertiary/aromatic N) is 3. The van der Waals surface area contributed by atoms with Crippen LogP contribution in [0.5, 0.6) is 11.8 Å². The van der Waals surface area contributed by atoms with Crippen LogP contribution >= 0.6 is 34.2 Å². The first kappa shape index (κ1) is 12.3. The lowest BCUT2D eigenvalue weighted by Gasteiger charge is -2.06. The van der Waals surface area contributed by atoms with Crippen molar-refractivity contribution in [1.82, 2.24) is 15.0 Å². The predicted molar refractivity (Wildman–Crippen MR) is 73.6 cm³/mol. The van der Waals surface area contributed by atoms with Crippen LogP contribution in [0.25, 0.3) is 0 Å². The molecule has 1 aromatic heterocycles. The minimum absolute atomic E-state index is 0.0882. The highest BCUT2D eigenvalue weighted by Crippen LogP contribution is 2.24. The molecule has 1 N–H and O–H groups in total. The van der Waals surface area contributed by atoms with Gasteiger partial charge in [0, 0.05) is 7.05 Å². The monoisotopic (exact) mass is 362 g/mol. The van der Waals surface area contributed by atoms with E-state index in [1.807, 2.05) is 24.3 Å². The highest BCUT2D eigenvalue weighted by molar-refractivity contribution is 14.1. The zero-order valence-corrected chi connectivity index (χ0v) is 11.7. The van der Waals surface area contributed by atoms with Crippen molar-refractivity contribution in [3.63, 3.8) is 0 Å². The van der Waals surface area contributed by atoms with E-state index in [0.717, 1.165) is 3.57 Å². The fraction of sp³-hybridized carbons (Fsp3) is 0.100. The van der Waals surface area contributed by atoms with E-state index in [9.17, 15) is 0 Å². The fourth-order valence-electron chi connectivity index (χ4n) is 1.12. The molecule has 0 aliphatic heterocycles. The SMILES string of the molecule is CNc1nc(Cl)nc(Oc2ccccc2I)n1. The zero-order valence-electron chi connectivity index (χ0n) is 8.82. The number of anilines is 1. The molecule has 0 fully saturated rings. The second kappa shape index (κ2) is 5.46. The van der Waals surface area contributed by atoms with Crippen molar-refractivity contribution in [2.24, 2.45) is 0 Å². The van der Waals surface area contributed by atoms with E-state index in [1.54, 1.807) is 7.05 Å². The highest BCUT2D eigenvalue weighted by atomic mass is 127. The van der Waals surface area contributed by atoms with Crippen LogP contribution in [0.1, 0.15) is 0 Å². The molecule has 17 heavy (non-hydrogen) atoms. The normalized spacial score (nSPS) is 10.1. The standard InChI is InChI=1S/C10H8ClIN4O/c1-13-9-14-8(11)15-10(16-9)17-7-5-3-2-4-6(7)12/h2-5H,1H3,(H,13,14,15,16). The van der Waals surface area contributed by atoms with Crippen LogP contribution in [-0.4, -0.2) is 22.0 Å². The molecule has 7 heteroatoms. The third kappa shape index (κ3) is 3.16. The quantitative estimate of drug-likeness (QED) is 0.851. The molecule has 5 nitrogen and oxygen atoms in total. The largest absolute Gasteiger partial charge is 0.423 e. The molecular formula is C10H8ClIN4O. The summed E-state index contributed by atoms with van der Waals surface area (Å²) in [6.07, 6.45) is 0. The van der Waals surface area contributed by atoms with Gasteiger partial charge in [-0.05, 0) is 46.3 Å². The Hall–Kier alpha value is -1.15. The molecule has 0 aliphatic carbocycles. The third-order valence-corrected chi connectivity index (χ3v) is 2.91. The maximum atomic E-state index is 5.75. The lowest BCUT2D eigenvalue weighted by atomic mass is 10.3. The number of hydrogen-bond acceptors (Lipinski definition) is 5. The zero-order chi connectivity index (χ0) is 12.3. The van der Waals surface area contributed by atoms with Gasteiger partial charge in [-0.15, -0.1) is 0 Å².